The topological polar surface area (TPSA) is 131 Å². The summed E-state index contributed by atoms with van der Waals surface area (Å²) in [5, 5.41) is 34.5. The number of benzene rings is 1. The Bertz CT molecular complexity index is 788. The Hall–Kier alpha value is -2.30. The number of carboxylic acid groups (broad SMARTS) is 1. The van der Waals surface area contributed by atoms with Crippen molar-refractivity contribution in [3.8, 4) is 11.5 Å². The molecule has 1 aromatic rings. The lowest BCUT2D eigenvalue weighted by molar-refractivity contribution is -0.255. The van der Waals surface area contributed by atoms with Gasteiger partial charge in [0.2, 0.25) is 5.91 Å². The van der Waals surface area contributed by atoms with Gasteiger partial charge in [0.1, 0.15) is 11.9 Å². The van der Waals surface area contributed by atoms with Crippen LogP contribution < -0.4 is 19.8 Å². The highest BCUT2D eigenvalue weighted by atomic mass is 16.6. The molecule has 3 aliphatic heterocycles. The predicted molar refractivity (Wildman–Crippen MR) is 96.7 cm³/mol. The first-order chi connectivity index (χ1) is 13.3. The van der Waals surface area contributed by atoms with Crippen molar-refractivity contribution in [3.63, 3.8) is 0 Å². The van der Waals surface area contributed by atoms with Gasteiger partial charge in [-0.3, -0.25) is 4.79 Å². The van der Waals surface area contributed by atoms with Crippen molar-refractivity contribution in [3.05, 3.63) is 23.3 Å². The average Bonchev–Trinajstić information content (AvgIpc) is 3.08. The Labute approximate surface area is 162 Å². The van der Waals surface area contributed by atoms with E-state index < -0.39 is 12.7 Å². The first-order valence-corrected chi connectivity index (χ1v) is 9.67. The quantitative estimate of drug-likeness (QED) is 0.526. The van der Waals surface area contributed by atoms with E-state index in [1.807, 2.05) is 0 Å². The van der Waals surface area contributed by atoms with Gasteiger partial charge >= 0.3 is 6.75 Å². The van der Waals surface area contributed by atoms with Crippen LogP contribution in [0.25, 0.3) is 0 Å². The zero-order chi connectivity index (χ0) is 19.9. The second-order valence-electron chi connectivity index (χ2n) is 7.77. The number of carbonyl (C=O) groups excluding carboxylic acids is 2. The Morgan fingerprint density at radius 3 is 2.82 bits per heavy atom. The third-order valence-electron chi connectivity index (χ3n) is 5.58. The molecule has 2 fully saturated rings. The lowest BCUT2D eigenvalue weighted by Gasteiger charge is -2.41. The number of carboxylic acids is 1. The van der Waals surface area contributed by atoms with E-state index in [9.17, 15) is 24.7 Å². The fourth-order valence-electron chi connectivity index (χ4n) is 3.99. The maximum Gasteiger partial charge on any atom is 0.430 e. The molecule has 0 aromatic heterocycles. The van der Waals surface area contributed by atoms with Gasteiger partial charge in [0.15, 0.2) is 0 Å². The molecule has 152 valence electrons. The molecule has 3 heterocycles. The molecular formula is C18H23BN2O7-2. The number of nitrogens with one attached hydrogen (secondary N) is 1. The average molecular weight is 390 g/mol. The van der Waals surface area contributed by atoms with Crippen LogP contribution in [0.3, 0.4) is 0 Å². The van der Waals surface area contributed by atoms with Gasteiger partial charge in [-0.1, -0.05) is 12.4 Å². The zero-order valence-corrected chi connectivity index (χ0v) is 15.4. The molecule has 0 aliphatic carbocycles. The highest BCUT2D eigenvalue weighted by molar-refractivity contribution is 6.59. The smallest absolute Gasteiger partial charge is 0.430 e. The molecule has 28 heavy (non-hydrogen) atoms. The molecule has 10 heteroatoms. The van der Waals surface area contributed by atoms with Crippen molar-refractivity contribution in [1.29, 1.82) is 0 Å². The first kappa shape index (κ1) is 19.0. The molecule has 3 aliphatic rings. The van der Waals surface area contributed by atoms with Gasteiger partial charge in [-0.2, -0.15) is 0 Å². The summed E-state index contributed by atoms with van der Waals surface area (Å²) in [4.78, 5) is 25.6. The van der Waals surface area contributed by atoms with Gasteiger partial charge in [-0.05, 0) is 37.4 Å². The van der Waals surface area contributed by atoms with Crippen molar-refractivity contribution in [2.45, 2.75) is 44.1 Å². The predicted octanol–water partition coefficient (Wildman–Crippen LogP) is -1.36. The third kappa shape index (κ3) is 3.80. The van der Waals surface area contributed by atoms with E-state index in [1.54, 1.807) is 11.0 Å². The molecule has 1 atom stereocenters. The molecule has 0 bridgehead atoms. The van der Waals surface area contributed by atoms with Gasteiger partial charge in [0.25, 0.3) is 0 Å². The number of amides is 1. The Morgan fingerprint density at radius 2 is 2.14 bits per heavy atom. The van der Waals surface area contributed by atoms with Gasteiger partial charge in [-0.15, -0.1) is 0 Å². The summed E-state index contributed by atoms with van der Waals surface area (Å²) in [5.41, 5.74) is 0.230. The standard InChI is InChI=1S/C18H24BN2O7/c22-15(8-12-2-1-7-20-12)21-9-13(10-21)27-14-4-3-11-5-6-19(25,26)28-17(11)16(14)18(23)24/h3-4,12-13,20,25-26H,1-2,5-10H2,(H,23,24)/q-1/p-1. The molecule has 0 radical (unpaired) electrons. The normalized spacial score (nSPS) is 23.5. The van der Waals surface area contributed by atoms with E-state index in [2.05, 4.69) is 5.32 Å². The van der Waals surface area contributed by atoms with E-state index >= 15 is 0 Å². The number of nitrogens with zero attached hydrogens (tertiary/aromatic N) is 1. The Balaban J connectivity index is 1.42. The van der Waals surface area contributed by atoms with Crippen LogP contribution in [-0.4, -0.2) is 65.4 Å². The Kier molecular flexibility index (Phi) is 4.94. The lowest BCUT2D eigenvalue weighted by atomic mass is 9.70. The molecular weight excluding hydrogens is 367 g/mol. The van der Waals surface area contributed by atoms with Crippen LogP contribution in [-0.2, 0) is 11.2 Å². The minimum Gasteiger partial charge on any atom is -0.669 e. The summed E-state index contributed by atoms with van der Waals surface area (Å²) < 4.78 is 10.9. The summed E-state index contributed by atoms with van der Waals surface area (Å²) in [6.45, 7) is -1.40. The maximum absolute atomic E-state index is 12.3. The second-order valence-corrected chi connectivity index (χ2v) is 7.77. The van der Waals surface area contributed by atoms with Crippen molar-refractivity contribution in [2.75, 3.05) is 19.6 Å². The number of rotatable bonds is 5. The largest absolute Gasteiger partial charge is 0.669 e. The van der Waals surface area contributed by atoms with Gasteiger partial charge in [0, 0.05) is 12.5 Å². The maximum atomic E-state index is 12.3. The van der Waals surface area contributed by atoms with Crippen LogP contribution in [0, 0.1) is 0 Å². The molecule has 4 rings (SSSR count). The first-order valence-electron chi connectivity index (χ1n) is 9.67. The lowest BCUT2D eigenvalue weighted by Crippen LogP contribution is -2.57. The highest BCUT2D eigenvalue weighted by Crippen LogP contribution is 2.38. The van der Waals surface area contributed by atoms with Gasteiger partial charge in [-0.25, -0.2) is 0 Å². The van der Waals surface area contributed by atoms with E-state index in [0.29, 0.717) is 25.1 Å². The SMILES string of the molecule is O=C([O-])c1c(OC2CN(C(=O)CC3CCCN3)C2)ccc2c1O[B-](O)(O)CC2. The molecule has 3 N–H and O–H groups in total. The summed E-state index contributed by atoms with van der Waals surface area (Å²) >= 11 is 0. The van der Waals surface area contributed by atoms with Crippen molar-refractivity contribution < 1.29 is 34.1 Å². The number of hydrogen-bond donors (Lipinski definition) is 3. The number of likely N-dealkylation sites (tertiary alicyclic amines) is 1. The summed E-state index contributed by atoms with van der Waals surface area (Å²) in [6.07, 6.45) is 2.49. The minimum atomic E-state index is -3.10. The summed E-state index contributed by atoms with van der Waals surface area (Å²) in [7, 11) is 0. The molecule has 9 nitrogen and oxygen atoms in total. The fourth-order valence-corrected chi connectivity index (χ4v) is 3.99. The van der Waals surface area contributed by atoms with Crippen LogP contribution >= 0.6 is 0 Å². The third-order valence-corrected chi connectivity index (χ3v) is 5.58. The molecule has 0 saturated carbocycles. The monoisotopic (exact) mass is 390 g/mol. The summed E-state index contributed by atoms with van der Waals surface area (Å²) in [5.74, 6) is -1.53. The van der Waals surface area contributed by atoms with Crippen molar-refractivity contribution >= 4 is 18.6 Å². The van der Waals surface area contributed by atoms with Crippen LogP contribution in [0.5, 0.6) is 11.5 Å². The van der Waals surface area contributed by atoms with Crippen LogP contribution in [0.4, 0.5) is 0 Å². The van der Waals surface area contributed by atoms with Crippen LogP contribution in [0.15, 0.2) is 12.1 Å². The highest BCUT2D eigenvalue weighted by Gasteiger charge is 2.35. The summed E-state index contributed by atoms with van der Waals surface area (Å²) in [6, 6.07) is 3.40. The molecule has 1 aromatic carbocycles. The van der Waals surface area contributed by atoms with Crippen LogP contribution in [0.2, 0.25) is 6.32 Å². The van der Waals surface area contributed by atoms with E-state index in [1.165, 1.54) is 6.07 Å². The zero-order valence-electron chi connectivity index (χ0n) is 15.4. The number of carbonyl (C=O) groups is 2. The number of ether oxygens (including phenoxy) is 1. The van der Waals surface area contributed by atoms with E-state index in [4.69, 9.17) is 9.39 Å². The molecule has 1 amide bonds. The number of fused-ring (bicyclic) bond motifs is 1. The van der Waals surface area contributed by atoms with E-state index in [-0.39, 0.29) is 47.9 Å². The second kappa shape index (κ2) is 7.27. The molecule has 1 unspecified atom stereocenters. The number of hydrogen-bond acceptors (Lipinski definition) is 8. The van der Waals surface area contributed by atoms with Crippen molar-refractivity contribution in [2.24, 2.45) is 0 Å². The van der Waals surface area contributed by atoms with Gasteiger partial charge in [0.05, 0.1) is 30.4 Å². The van der Waals surface area contributed by atoms with Crippen LogP contribution in [0.1, 0.15) is 35.2 Å². The van der Waals surface area contributed by atoms with Gasteiger partial charge < -0.3 is 39.6 Å². The Morgan fingerprint density at radius 1 is 1.36 bits per heavy atom. The molecule has 0 spiro atoms. The number of aromatic carboxylic acids is 1. The van der Waals surface area contributed by atoms with Crippen molar-refractivity contribution in [1.82, 2.24) is 10.2 Å². The fraction of sp³-hybridized carbons (Fsp3) is 0.556. The minimum absolute atomic E-state index is 0.00472. The molecule has 2 saturated heterocycles. The number of aryl methyl sites for hydroxylation is 1. The van der Waals surface area contributed by atoms with E-state index in [0.717, 1.165) is 19.4 Å².